The standard InChI is InChI=1S/C21H21N3O3S/c1-15-7-9-19(27-2)20(13-15)28(25,26)23-21-10-8-17(14-22-21)24-12-11-16-5-3-4-6-18(16)24/h3-10,13-14H,11-12H2,1-2H3,(H,22,23). The number of ether oxygens (including phenoxy) is 1. The second-order valence-electron chi connectivity index (χ2n) is 6.69. The van der Waals surface area contributed by atoms with Gasteiger partial charge in [-0.15, -0.1) is 0 Å². The Balaban J connectivity index is 1.58. The molecule has 0 fully saturated rings. The van der Waals surface area contributed by atoms with E-state index in [0.717, 1.165) is 24.2 Å². The summed E-state index contributed by atoms with van der Waals surface area (Å²) in [5, 5.41) is 0. The summed E-state index contributed by atoms with van der Waals surface area (Å²) in [6.45, 7) is 2.71. The molecule has 1 aliphatic rings. The van der Waals surface area contributed by atoms with E-state index in [1.165, 1.54) is 18.4 Å². The molecule has 7 heteroatoms. The molecule has 1 N–H and O–H groups in total. The van der Waals surface area contributed by atoms with Crippen LogP contribution in [0.5, 0.6) is 5.75 Å². The maximum atomic E-state index is 12.8. The summed E-state index contributed by atoms with van der Waals surface area (Å²) in [5.74, 6) is 0.559. The number of hydrogen-bond acceptors (Lipinski definition) is 5. The van der Waals surface area contributed by atoms with Crippen LogP contribution in [-0.2, 0) is 16.4 Å². The Morgan fingerprint density at radius 1 is 1.11 bits per heavy atom. The molecule has 3 aromatic rings. The average molecular weight is 395 g/mol. The van der Waals surface area contributed by atoms with E-state index < -0.39 is 10.0 Å². The molecule has 0 unspecified atom stereocenters. The lowest BCUT2D eigenvalue weighted by atomic mass is 10.2. The lowest BCUT2D eigenvalue weighted by Gasteiger charge is -2.19. The molecular weight excluding hydrogens is 374 g/mol. The molecule has 0 spiro atoms. The summed E-state index contributed by atoms with van der Waals surface area (Å²) in [6, 6.07) is 16.8. The number of hydrogen-bond donors (Lipinski definition) is 1. The molecule has 0 bridgehead atoms. The lowest BCUT2D eigenvalue weighted by molar-refractivity contribution is 0.402. The summed E-state index contributed by atoms with van der Waals surface area (Å²) in [6.07, 6.45) is 2.67. The van der Waals surface area contributed by atoms with Gasteiger partial charge in [-0.25, -0.2) is 13.4 Å². The van der Waals surface area contributed by atoms with Crippen molar-refractivity contribution in [2.24, 2.45) is 0 Å². The third-order valence-electron chi connectivity index (χ3n) is 4.79. The highest BCUT2D eigenvalue weighted by atomic mass is 32.2. The maximum absolute atomic E-state index is 12.8. The van der Waals surface area contributed by atoms with Crippen LogP contribution >= 0.6 is 0 Å². The maximum Gasteiger partial charge on any atom is 0.266 e. The van der Waals surface area contributed by atoms with Crippen molar-refractivity contribution in [3.63, 3.8) is 0 Å². The molecule has 0 aliphatic carbocycles. The van der Waals surface area contributed by atoms with E-state index in [1.54, 1.807) is 30.5 Å². The van der Waals surface area contributed by atoms with Crippen LogP contribution in [-0.4, -0.2) is 27.1 Å². The van der Waals surface area contributed by atoms with Gasteiger partial charge in [0.25, 0.3) is 10.0 Å². The van der Waals surface area contributed by atoms with Crippen molar-refractivity contribution in [1.29, 1.82) is 0 Å². The number of aryl methyl sites for hydroxylation is 1. The SMILES string of the molecule is COc1ccc(C)cc1S(=O)(=O)Nc1ccc(N2CCc3ccccc32)cn1. The number of sulfonamides is 1. The van der Waals surface area contributed by atoms with Crippen LogP contribution in [0.25, 0.3) is 0 Å². The second-order valence-corrected chi connectivity index (χ2v) is 8.34. The molecule has 0 amide bonds. The summed E-state index contributed by atoms with van der Waals surface area (Å²) < 4.78 is 33.3. The number of pyridine rings is 1. The Hall–Kier alpha value is -3.06. The van der Waals surface area contributed by atoms with Crippen LogP contribution in [0.15, 0.2) is 65.7 Å². The fourth-order valence-electron chi connectivity index (χ4n) is 3.40. The molecule has 2 aromatic carbocycles. The smallest absolute Gasteiger partial charge is 0.266 e. The van der Waals surface area contributed by atoms with E-state index >= 15 is 0 Å². The normalized spacial score (nSPS) is 13.3. The first kappa shape index (κ1) is 18.3. The highest BCUT2D eigenvalue weighted by Gasteiger charge is 2.22. The number of nitrogens with one attached hydrogen (secondary N) is 1. The third-order valence-corrected chi connectivity index (χ3v) is 6.17. The van der Waals surface area contributed by atoms with Gasteiger partial charge in [0.05, 0.1) is 19.0 Å². The number of para-hydroxylation sites is 1. The van der Waals surface area contributed by atoms with Crippen molar-refractivity contribution >= 4 is 27.2 Å². The second kappa shape index (κ2) is 7.16. The number of fused-ring (bicyclic) bond motifs is 1. The molecule has 0 atom stereocenters. The Bertz CT molecular complexity index is 1110. The van der Waals surface area contributed by atoms with Gasteiger partial charge < -0.3 is 9.64 Å². The number of rotatable bonds is 5. The van der Waals surface area contributed by atoms with Gasteiger partial charge in [0.15, 0.2) is 0 Å². The van der Waals surface area contributed by atoms with Gasteiger partial charge in [-0.1, -0.05) is 24.3 Å². The Labute approximate surface area is 164 Å². The van der Waals surface area contributed by atoms with Crippen molar-refractivity contribution in [3.05, 3.63) is 71.9 Å². The Morgan fingerprint density at radius 3 is 2.68 bits per heavy atom. The summed E-state index contributed by atoms with van der Waals surface area (Å²) in [4.78, 5) is 6.59. The van der Waals surface area contributed by atoms with E-state index in [9.17, 15) is 8.42 Å². The van der Waals surface area contributed by atoms with Gasteiger partial charge in [-0.05, 0) is 54.8 Å². The first-order chi connectivity index (χ1) is 13.5. The number of anilines is 3. The number of aromatic nitrogens is 1. The number of nitrogens with zero attached hydrogens (tertiary/aromatic N) is 2. The van der Waals surface area contributed by atoms with E-state index in [4.69, 9.17) is 4.74 Å². The summed E-state index contributed by atoms with van der Waals surface area (Å²) in [7, 11) is -2.36. The third kappa shape index (κ3) is 3.41. The fraction of sp³-hybridized carbons (Fsp3) is 0.190. The van der Waals surface area contributed by atoms with Crippen LogP contribution in [0.1, 0.15) is 11.1 Å². The van der Waals surface area contributed by atoms with Gasteiger partial charge >= 0.3 is 0 Å². The van der Waals surface area contributed by atoms with Crippen molar-refractivity contribution in [1.82, 2.24) is 4.98 Å². The number of benzene rings is 2. The molecule has 2 heterocycles. The van der Waals surface area contributed by atoms with E-state index in [0.29, 0.717) is 5.75 Å². The Kier molecular flexibility index (Phi) is 4.68. The quantitative estimate of drug-likeness (QED) is 0.710. The van der Waals surface area contributed by atoms with Gasteiger partial charge in [-0.3, -0.25) is 4.72 Å². The minimum Gasteiger partial charge on any atom is -0.495 e. The first-order valence-corrected chi connectivity index (χ1v) is 10.5. The van der Waals surface area contributed by atoms with Crippen LogP contribution in [0.3, 0.4) is 0 Å². The first-order valence-electron chi connectivity index (χ1n) is 8.97. The predicted molar refractivity (Wildman–Crippen MR) is 110 cm³/mol. The van der Waals surface area contributed by atoms with Gasteiger partial charge in [-0.2, -0.15) is 0 Å². The number of methoxy groups -OCH3 is 1. The largest absolute Gasteiger partial charge is 0.495 e. The molecular formula is C21H21N3O3S. The average Bonchev–Trinajstić information content (AvgIpc) is 3.12. The van der Waals surface area contributed by atoms with Gasteiger partial charge in [0.2, 0.25) is 0 Å². The highest BCUT2D eigenvalue weighted by molar-refractivity contribution is 7.92. The molecule has 0 radical (unpaired) electrons. The highest BCUT2D eigenvalue weighted by Crippen LogP contribution is 2.34. The molecule has 0 saturated heterocycles. The summed E-state index contributed by atoms with van der Waals surface area (Å²) in [5.41, 5.74) is 4.24. The minimum atomic E-state index is -3.81. The van der Waals surface area contributed by atoms with Crippen LogP contribution in [0, 0.1) is 6.92 Å². The predicted octanol–water partition coefficient (Wildman–Crippen LogP) is 3.89. The molecule has 4 rings (SSSR count). The van der Waals surface area contributed by atoms with Crippen molar-refractivity contribution in [2.75, 3.05) is 23.3 Å². The van der Waals surface area contributed by atoms with E-state index in [-0.39, 0.29) is 10.7 Å². The monoisotopic (exact) mass is 395 g/mol. The van der Waals surface area contributed by atoms with Crippen LogP contribution in [0.2, 0.25) is 0 Å². The van der Waals surface area contributed by atoms with E-state index in [1.807, 2.05) is 25.1 Å². The lowest BCUT2D eigenvalue weighted by Crippen LogP contribution is -2.16. The molecule has 144 valence electrons. The molecule has 0 saturated carbocycles. The van der Waals surface area contributed by atoms with Crippen LogP contribution < -0.4 is 14.4 Å². The van der Waals surface area contributed by atoms with Gasteiger partial charge in [0, 0.05) is 12.2 Å². The van der Waals surface area contributed by atoms with Gasteiger partial charge in [0.1, 0.15) is 16.5 Å². The fourth-order valence-corrected chi connectivity index (χ4v) is 4.66. The Morgan fingerprint density at radius 2 is 1.93 bits per heavy atom. The zero-order chi connectivity index (χ0) is 19.7. The molecule has 28 heavy (non-hydrogen) atoms. The molecule has 1 aliphatic heterocycles. The van der Waals surface area contributed by atoms with Crippen LogP contribution in [0.4, 0.5) is 17.2 Å². The van der Waals surface area contributed by atoms with Crippen molar-refractivity contribution in [2.45, 2.75) is 18.2 Å². The molecule has 1 aromatic heterocycles. The zero-order valence-corrected chi connectivity index (χ0v) is 16.5. The topological polar surface area (TPSA) is 71.5 Å². The minimum absolute atomic E-state index is 0.0920. The van der Waals surface area contributed by atoms with Crippen molar-refractivity contribution < 1.29 is 13.2 Å². The zero-order valence-electron chi connectivity index (χ0n) is 15.7. The van der Waals surface area contributed by atoms with Crippen molar-refractivity contribution in [3.8, 4) is 5.75 Å². The summed E-state index contributed by atoms with van der Waals surface area (Å²) >= 11 is 0. The molecule has 6 nitrogen and oxygen atoms in total. The van der Waals surface area contributed by atoms with E-state index in [2.05, 4.69) is 26.7 Å².